The Morgan fingerprint density at radius 2 is 1.74 bits per heavy atom. The fourth-order valence-corrected chi connectivity index (χ4v) is 4.45. The number of hydrogen-bond donors (Lipinski definition) is 0. The molecule has 2 amide bonds. The number of benzene rings is 2. The Hall–Kier alpha value is -3.30. The van der Waals surface area contributed by atoms with E-state index in [0.717, 1.165) is 48.1 Å². The van der Waals surface area contributed by atoms with Gasteiger partial charge in [-0.3, -0.25) is 9.59 Å². The summed E-state index contributed by atoms with van der Waals surface area (Å²) in [5, 5.41) is 0. The second kappa shape index (κ2) is 11.0. The first-order valence-electron chi connectivity index (χ1n) is 12.5. The van der Waals surface area contributed by atoms with Crippen LogP contribution in [-0.2, 0) is 16.1 Å². The van der Waals surface area contributed by atoms with E-state index in [0.29, 0.717) is 38.1 Å². The minimum atomic E-state index is -0.686. The third-order valence-corrected chi connectivity index (χ3v) is 6.63. The Labute approximate surface area is 208 Å². The van der Waals surface area contributed by atoms with Crippen LogP contribution in [0.15, 0.2) is 42.5 Å². The van der Waals surface area contributed by atoms with Gasteiger partial charge in [-0.25, -0.2) is 0 Å². The van der Waals surface area contributed by atoms with Gasteiger partial charge in [0.25, 0.3) is 11.8 Å². The number of carbonyl (C=O) groups is 2. The lowest BCUT2D eigenvalue weighted by molar-refractivity contribution is -0.227. The molecule has 35 heavy (non-hydrogen) atoms. The highest BCUT2D eigenvalue weighted by Crippen LogP contribution is 2.39. The van der Waals surface area contributed by atoms with Crippen LogP contribution in [-0.4, -0.2) is 54.6 Å². The second-order valence-corrected chi connectivity index (χ2v) is 9.45. The highest BCUT2D eigenvalue weighted by Gasteiger charge is 2.41. The summed E-state index contributed by atoms with van der Waals surface area (Å²) in [6, 6.07) is 13.7. The van der Waals surface area contributed by atoms with Gasteiger partial charge in [-0.2, -0.15) is 0 Å². The summed E-state index contributed by atoms with van der Waals surface area (Å²) < 4.78 is 12.5. The van der Waals surface area contributed by atoms with Crippen LogP contribution in [0, 0.1) is 11.8 Å². The number of amides is 2. The van der Waals surface area contributed by atoms with Crippen molar-refractivity contribution in [2.45, 2.75) is 57.8 Å². The molecule has 1 saturated heterocycles. The Kier molecular flexibility index (Phi) is 7.77. The lowest BCUT2D eigenvalue weighted by atomic mass is 9.98. The first kappa shape index (κ1) is 24.8. The summed E-state index contributed by atoms with van der Waals surface area (Å²) in [5.74, 6) is 5.83. The fraction of sp³-hybridized carbons (Fsp3) is 0.448. The Balaban J connectivity index is 1.36. The molecule has 2 aliphatic heterocycles. The van der Waals surface area contributed by atoms with Gasteiger partial charge in [-0.1, -0.05) is 43.9 Å². The SMILES string of the molecule is CCCCCC#CC(=O)N1CCC2(CC1)OCc1cc(-c3ccc(C(=O)N(C)C)cc3)ccc1O2. The van der Waals surface area contributed by atoms with Crippen molar-refractivity contribution in [3.8, 4) is 28.7 Å². The van der Waals surface area contributed by atoms with Gasteiger partial charge in [0.1, 0.15) is 5.75 Å². The van der Waals surface area contributed by atoms with Gasteiger partial charge >= 0.3 is 0 Å². The number of unbranched alkanes of at least 4 members (excludes halogenated alkanes) is 3. The van der Waals surface area contributed by atoms with E-state index in [2.05, 4.69) is 24.8 Å². The topological polar surface area (TPSA) is 59.1 Å². The summed E-state index contributed by atoms with van der Waals surface area (Å²) >= 11 is 0. The van der Waals surface area contributed by atoms with E-state index < -0.39 is 5.79 Å². The maximum Gasteiger partial charge on any atom is 0.298 e. The molecular weight excluding hydrogens is 440 g/mol. The molecule has 0 radical (unpaired) electrons. The number of hydrogen-bond acceptors (Lipinski definition) is 4. The van der Waals surface area contributed by atoms with Crippen LogP contribution < -0.4 is 4.74 Å². The normalized spacial score (nSPS) is 16.0. The third kappa shape index (κ3) is 5.86. The molecule has 184 valence electrons. The van der Waals surface area contributed by atoms with E-state index in [1.54, 1.807) is 23.9 Å². The zero-order valence-electron chi connectivity index (χ0n) is 20.9. The summed E-state index contributed by atoms with van der Waals surface area (Å²) in [4.78, 5) is 27.9. The second-order valence-electron chi connectivity index (χ2n) is 9.45. The number of piperidine rings is 1. The quantitative estimate of drug-likeness (QED) is 0.458. The number of fused-ring (bicyclic) bond motifs is 1. The van der Waals surface area contributed by atoms with Crippen molar-refractivity contribution in [3.63, 3.8) is 0 Å². The van der Waals surface area contributed by atoms with Crippen LogP contribution in [0.3, 0.4) is 0 Å². The monoisotopic (exact) mass is 474 g/mol. The van der Waals surface area contributed by atoms with Crippen molar-refractivity contribution in [2.24, 2.45) is 0 Å². The van der Waals surface area contributed by atoms with Gasteiger partial charge in [0.15, 0.2) is 0 Å². The molecule has 0 bridgehead atoms. The fourth-order valence-electron chi connectivity index (χ4n) is 4.45. The molecule has 4 rings (SSSR count). The van der Waals surface area contributed by atoms with Crippen LogP contribution in [0.4, 0.5) is 0 Å². The van der Waals surface area contributed by atoms with Gasteiger partial charge in [0.2, 0.25) is 5.79 Å². The third-order valence-electron chi connectivity index (χ3n) is 6.63. The lowest BCUT2D eigenvalue weighted by Gasteiger charge is -2.43. The smallest absolute Gasteiger partial charge is 0.298 e. The molecular formula is C29H34N2O4. The Morgan fingerprint density at radius 1 is 1.03 bits per heavy atom. The number of carbonyl (C=O) groups excluding carboxylic acids is 2. The largest absolute Gasteiger partial charge is 0.462 e. The molecule has 2 aromatic rings. The number of nitrogens with zero attached hydrogens (tertiary/aromatic N) is 2. The van der Waals surface area contributed by atoms with Crippen LogP contribution in [0.25, 0.3) is 11.1 Å². The molecule has 1 spiro atoms. The zero-order valence-corrected chi connectivity index (χ0v) is 20.9. The summed E-state index contributed by atoms with van der Waals surface area (Å²) in [5.41, 5.74) is 3.75. The molecule has 0 atom stereocenters. The summed E-state index contributed by atoms with van der Waals surface area (Å²) in [6.07, 6.45) is 5.37. The van der Waals surface area contributed by atoms with E-state index in [-0.39, 0.29) is 11.8 Å². The van der Waals surface area contributed by atoms with Gasteiger partial charge in [-0.05, 0) is 47.7 Å². The van der Waals surface area contributed by atoms with Crippen molar-refractivity contribution in [3.05, 3.63) is 53.6 Å². The average molecular weight is 475 g/mol. The van der Waals surface area contributed by atoms with Crippen LogP contribution in [0.2, 0.25) is 0 Å². The molecule has 6 heteroatoms. The molecule has 0 aliphatic carbocycles. The molecule has 0 N–H and O–H groups in total. The lowest BCUT2D eigenvalue weighted by Crippen LogP contribution is -2.52. The maximum absolute atomic E-state index is 12.4. The van der Waals surface area contributed by atoms with Gasteiger partial charge in [-0.15, -0.1) is 0 Å². The predicted octanol–water partition coefficient (Wildman–Crippen LogP) is 4.87. The van der Waals surface area contributed by atoms with Crippen molar-refractivity contribution in [1.29, 1.82) is 0 Å². The van der Waals surface area contributed by atoms with Crippen LogP contribution >= 0.6 is 0 Å². The van der Waals surface area contributed by atoms with Gasteiger partial charge in [0.05, 0.1) is 6.61 Å². The maximum atomic E-state index is 12.4. The minimum Gasteiger partial charge on any atom is -0.462 e. The minimum absolute atomic E-state index is 0.0131. The molecule has 2 heterocycles. The van der Waals surface area contributed by atoms with E-state index in [1.807, 2.05) is 36.4 Å². The zero-order chi connectivity index (χ0) is 24.8. The summed E-state index contributed by atoms with van der Waals surface area (Å²) in [6.45, 7) is 3.78. The molecule has 2 aromatic carbocycles. The van der Waals surface area contributed by atoms with E-state index in [9.17, 15) is 9.59 Å². The molecule has 2 aliphatic rings. The molecule has 0 unspecified atom stereocenters. The first-order valence-corrected chi connectivity index (χ1v) is 12.5. The number of ether oxygens (including phenoxy) is 2. The number of likely N-dealkylation sites (tertiary alicyclic amines) is 1. The van der Waals surface area contributed by atoms with Crippen molar-refractivity contribution < 1.29 is 19.1 Å². The van der Waals surface area contributed by atoms with Crippen molar-refractivity contribution in [1.82, 2.24) is 9.80 Å². The Bertz CT molecular complexity index is 1120. The molecule has 0 saturated carbocycles. The highest BCUT2D eigenvalue weighted by atomic mass is 16.7. The van der Waals surface area contributed by atoms with Crippen molar-refractivity contribution in [2.75, 3.05) is 27.2 Å². The number of rotatable bonds is 5. The molecule has 0 aromatic heterocycles. The first-order chi connectivity index (χ1) is 16.9. The van der Waals surface area contributed by atoms with Gasteiger partial charge < -0.3 is 19.3 Å². The summed E-state index contributed by atoms with van der Waals surface area (Å²) in [7, 11) is 3.50. The van der Waals surface area contributed by atoms with E-state index in [1.165, 1.54) is 0 Å². The molecule has 1 fully saturated rings. The average Bonchev–Trinajstić information content (AvgIpc) is 2.88. The molecule has 6 nitrogen and oxygen atoms in total. The van der Waals surface area contributed by atoms with E-state index >= 15 is 0 Å². The van der Waals surface area contributed by atoms with Crippen LogP contribution in [0.1, 0.15) is 61.4 Å². The Morgan fingerprint density at radius 3 is 2.43 bits per heavy atom. The predicted molar refractivity (Wildman–Crippen MR) is 136 cm³/mol. The standard InChI is InChI=1S/C29H34N2O4/c1-4-5-6-7-8-9-27(32)31-18-16-29(17-19-31)34-21-25-20-24(14-15-26(25)35-29)22-10-12-23(13-11-22)28(33)30(2)3/h10-15,20H,4-7,16-19,21H2,1-3H3. The highest BCUT2D eigenvalue weighted by molar-refractivity contribution is 5.94. The van der Waals surface area contributed by atoms with Gasteiger partial charge in [0, 0.05) is 57.6 Å². The van der Waals surface area contributed by atoms with Crippen molar-refractivity contribution >= 4 is 11.8 Å². The van der Waals surface area contributed by atoms with Crippen LogP contribution in [0.5, 0.6) is 5.75 Å². The van der Waals surface area contributed by atoms with E-state index in [4.69, 9.17) is 9.47 Å².